The maximum atomic E-state index is 13.2. The summed E-state index contributed by atoms with van der Waals surface area (Å²) >= 11 is 0. The van der Waals surface area contributed by atoms with E-state index in [4.69, 9.17) is 5.73 Å². The van der Waals surface area contributed by atoms with Gasteiger partial charge in [0.1, 0.15) is 10.7 Å². The van der Waals surface area contributed by atoms with Gasteiger partial charge in [-0.3, -0.25) is 9.82 Å². The van der Waals surface area contributed by atoms with Crippen LogP contribution in [0, 0.1) is 5.82 Å². The van der Waals surface area contributed by atoms with Crippen LogP contribution in [0.5, 0.6) is 0 Å². The van der Waals surface area contributed by atoms with Gasteiger partial charge in [0.25, 0.3) is 10.0 Å². The highest BCUT2D eigenvalue weighted by Crippen LogP contribution is 2.22. The van der Waals surface area contributed by atoms with Gasteiger partial charge in [-0.2, -0.15) is 5.10 Å². The van der Waals surface area contributed by atoms with Gasteiger partial charge in [0.15, 0.2) is 5.82 Å². The van der Waals surface area contributed by atoms with Crippen LogP contribution in [0.4, 0.5) is 15.9 Å². The van der Waals surface area contributed by atoms with Crippen LogP contribution in [0.25, 0.3) is 0 Å². The Labute approximate surface area is 116 Å². The summed E-state index contributed by atoms with van der Waals surface area (Å²) in [5, 5.41) is 6.57. The second kappa shape index (κ2) is 5.49. The Morgan fingerprint density at radius 1 is 1.40 bits per heavy atom. The number of sulfonamides is 1. The van der Waals surface area contributed by atoms with Crippen molar-refractivity contribution < 1.29 is 12.8 Å². The van der Waals surface area contributed by atoms with Gasteiger partial charge in [-0.05, 0) is 24.6 Å². The van der Waals surface area contributed by atoms with E-state index in [-0.39, 0.29) is 16.4 Å². The molecule has 0 spiro atoms. The van der Waals surface area contributed by atoms with Gasteiger partial charge >= 0.3 is 0 Å². The van der Waals surface area contributed by atoms with Crippen molar-refractivity contribution in [2.75, 3.05) is 10.5 Å². The van der Waals surface area contributed by atoms with E-state index in [1.54, 1.807) is 6.07 Å². The third-order valence-corrected chi connectivity index (χ3v) is 4.06. The molecule has 0 amide bonds. The number of nitrogen functional groups attached to an aromatic ring is 1. The zero-order valence-electron chi connectivity index (χ0n) is 10.9. The minimum Gasteiger partial charge on any atom is -0.398 e. The molecule has 1 aromatic heterocycles. The number of benzene rings is 1. The van der Waals surface area contributed by atoms with Gasteiger partial charge < -0.3 is 5.73 Å². The minimum atomic E-state index is -3.97. The summed E-state index contributed by atoms with van der Waals surface area (Å²) in [6.07, 6.45) is 1.67. The van der Waals surface area contributed by atoms with E-state index >= 15 is 0 Å². The predicted octanol–water partition coefficient (Wildman–Crippen LogP) is 1.88. The molecule has 4 N–H and O–H groups in total. The van der Waals surface area contributed by atoms with Crippen molar-refractivity contribution in [3.63, 3.8) is 0 Å². The first kappa shape index (κ1) is 14.3. The predicted molar refractivity (Wildman–Crippen MR) is 74.2 cm³/mol. The number of nitrogens with one attached hydrogen (secondary N) is 2. The van der Waals surface area contributed by atoms with Gasteiger partial charge in [-0.15, -0.1) is 0 Å². The van der Waals surface area contributed by atoms with Crippen LogP contribution in [-0.4, -0.2) is 18.6 Å². The summed E-state index contributed by atoms with van der Waals surface area (Å²) < 4.78 is 39.7. The normalized spacial score (nSPS) is 11.5. The Hall–Kier alpha value is -2.09. The van der Waals surface area contributed by atoms with E-state index in [1.165, 1.54) is 6.07 Å². The lowest BCUT2D eigenvalue weighted by Crippen LogP contribution is -2.15. The highest BCUT2D eigenvalue weighted by molar-refractivity contribution is 7.92. The van der Waals surface area contributed by atoms with Crippen molar-refractivity contribution in [1.82, 2.24) is 10.2 Å². The maximum Gasteiger partial charge on any atom is 0.265 e. The van der Waals surface area contributed by atoms with Gasteiger partial charge in [-0.25, -0.2) is 12.8 Å². The number of aryl methyl sites for hydroxylation is 1. The van der Waals surface area contributed by atoms with Crippen molar-refractivity contribution in [3.8, 4) is 0 Å². The summed E-state index contributed by atoms with van der Waals surface area (Å²) in [4.78, 5) is -0.308. The third-order valence-electron chi connectivity index (χ3n) is 2.65. The molecule has 108 valence electrons. The van der Waals surface area contributed by atoms with Gasteiger partial charge in [-0.1, -0.05) is 13.3 Å². The molecule has 0 aliphatic heterocycles. The molecule has 0 saturated heterocycles. The molecule has 0 bridgehead atoms. The maximum absolute atomic E-state index is 13.2. The number of anilines is 2. The first-order valence-corrected chi connectivity index (χ1v) is 7.53. The topological polar surface area (TPSA) is 101 Å². The Balaban J connectivity index is 2.28. The Morgan fingerprint density at radius 3 is 2.85 bits per heavy atom. The largest absolute Gasteiger partial charge is 0.398 e. The van der Waals surface area contributed by atoms with Crippen LogP contribution in [-0.2, 0) is 16.4 Å². The monoisotopic (exact) mass is 298 g/mol. The molecule has 0 aliphatic carbocycles. The summed E-state index contributed by atoms with van der Waals surface area (Å²) in [5.74, 6) is -0.523. The first-order chi connectivity index (χ1) is 9.42. The van der Waals surface area contributed by atoms with Crippen LogP contribution in [0.1, 0.15) is 19.0 Å². The molecule has 1 aromatic carbocycles. The van der Waals surface area contributed by atoms with E-state index in [1.807, 2.05) is 6.92 Å². The summed E-state index contributed by atoms with van der Waals surface area (Å²) in [7, 11) is -3.97. The van der Waals surface area contributed by atoms with Crippen molar-refractivity contribution in [2.24, 2.45) is 0 Å². The number of aromatic nitrogens is 2. The molecule has 8 heteroatoms. The van der Waals surface area contributed by atoms with Gasteiger partial charge in [0.2, 0.25) is 0 Å². The van der Waals surface area contributed by atoms with E-state index < -0.39 is 15.8 Å². The lowest BCUT2D eigenvalue weighted by molar-refractivity contribution is 0.595. The van der Waals surface area contributed by atoms with Crippen molar-refractivity contribution >= 4 is 21.5 Å². The smallest absolute Gasteiger partial charge is 0.265 e. The summed E-state index contributed by atoms with van der Waals surface area (Å²) in [5.41, 5.74) is 6.36. The highest BCUT2D eigenvalue weighted by atomic mass is 32.2. The molecule has 2 rings (SSSR count). The Morgan fingerprint density at radius 2 is 2.15 bits per heavy atom. The quantitative estimate of drug-likeness (QED) is 0.734. The first-order valence-electron chi connectivity index (χ1n) is 6.04. The third kappa shape index (κ3) is 3.08. The molecule has 0 atom stereocenters. The fourth-order valence-electron chi connectivity index (χ4n) is 1.74. The number of hydrogen-bond acceptors (Lipinski definition) is 4. The molecular formula is C12H15FN4O2S. The van der Waals surface area contributed by atoms with Crippen LogP contribution in [0.15, 0.2) is 29.2 Å². The van der Waals surface area contributed by atoms with E-state index in [9.17, 15) is 12.8 Å². The van der Waals surface area contributed by atoms with E-state index in [0.717, 1.165) is 30.7 Å². The van der Waals surface area contributed by atoms with Gasteiger partial charge in [0, 0.05) is 11.8 Å². The average Bonchev–Trinajstić information content (AvgIpc) is 2.79. The highest BCUT2D eigenvalue weighted by Gasteiger charge is 2.19. The molecule has 0 fully saturated rings. The number of nitrogens with zero attached hydrogens (tertiary/aromatic N) is 1. The lowest BCUT2D eigenvalue weighted by Gasteiger charge is -2.07. The van der Waals surface area contributed by atoms with Crippen LogP contribution < -0.4 is 10.5 Å². The van der Waals surface area contributed by atoms with Crippen molar-refractivity contribution in [3.05, 3.63) is 35.8 Å². The molecule has 2 aromatic rings. The number of H-pyrrole nitrogens is 1. The Bertz CT molecular complexity index is 712. The van der Waals surface area contributed by atoms with E-state index in [0.29, 0.717) is 0 Å². The van der Waals surface area contributed by atoms with Crippen molar-refractivity contribution in [2.45, 2.75) is 24.7 Å². The Kier molecular flexibility index (Phi) is 3.93. The molecule has 0 radical (unpaired) electrons. The number of aromatic amines is 1. The van der Waals surface area contributed by atoms with Crippen molar-refractivity contribution in [1.29, 1.82) is 0 Å². The van der Waals surface area contributed by atoms with Crippen LogP contribution in [0.2, 0.25) is 0 Å². The zero-order chi connectivity index (χ0) is 14.8. The standard InChI is InChI=1S/C12H15FN4O2S/c1-2-3-9-7-12(16-15-9)17-20(18,19)11-6-8(13)4-5-10(11)14/h4-7H,2-3,14H2,1H3,(H2,15,16,17). The second-order valence-corrected chi connectivity index (χ2v) is 5.97. The summed E-state index contributed by atoms with van der Waals surface area (Å²) in [6, 6.07) is 4.77. The fraction of sp³-hybridized carbons (Fsp3) is 0.250. The molecule has 0 aliphatic rings. The number of rotatable bonds is 5. The number of hydrogen-bond donors (Lipinski definition) is 3. The van der Waals surface area contributed by atoms with E-state index in [2.05, 4.69) is 14.9 Å². The minimum absolute atomic E-state index is 0.0248. The summed E-state index contributed by atoms with van der Waals surface area (Å²) in [6.45, 7) is 2.00. The van der Waals surface area contributed by atoms with Crippen LogP contribution >= 0.6 is 0 Å². The SMILES string of the molecule is CCCc1cc(NS(=O)(=O)c2cc(F)ccc2N)n[nH]1. The zero-order valence-corrected chi connectivity index (χ0v) is 11.7. The number of nitrogens with two attached hydrogens (primary N) is 1. The van der Waals surface area contributed by atoms with Gasteiger partial charge in [0.05, 0.1) is 5.69 Å². The fourth-order valence-corrected chi connectivity index (χ4v) is 2.88. The molecule has 0 saturated carbocycles. The second-order valence-electron chi connectivity index (χ2n) is 4.32. The average molecular weight is 298 g/mol. The van der Waals surface area contributed by atoms with Crippen LogP contribution in [0.3, 0.4) is 0 Å². The molecule has 1 heterocycles. The molecule has 0 unspecified atom stereocenters. The molecule has 20 heavy (non-hydrogen) atoms. The molecule has 6 nitrogen and oxygen atoms in total. The lowest BCUT2D eigenvalue weighted by atomic mass is 10.2. The number of halogens is 1. The molecular weight excluding hydrogens is 283 g/mol.